The molecule has 0 unspecified atom stereocenters. The van der Waals surface area contributed by atoms with E-state index in [1.54, 1.807) is 0 Å². The molecule has 0 radical (unpaired) electrons. The van der Waals surface area contributed by atoms with Gasteiger partial charge in [0, 0.05) is 24.9 Å². The monoisotopic (exact) mass is 292 g/mol. The quantitative estimate of drug-likeness (QED) is 0.881. The van der Waals surface area contributed by atoms with Crippen LogP contribution in [0, 0.1) is 0 Å². The number of likely N-dealkylation sites (N-methyl/N-ethyl adjacent to an activating group) is 1. The molecule has 0 aromatic carbocycles. The number of amides is 1. The largest absolute Gasteiger partial charge is 0.480 e. The van der Waals surface area contributed by atoms with E-state index in [9.17, 15) is 22.8 Å². The highest BCUT2D eigenvalue weighted by atomic mass is 19.4. The Labute approximate surface area is 111 Å². The number of halogens is 3. The molecule has 0 saturated carbocycles. The maximum atomic E-state index is 12.0. The molecule has 1 aromatic heterocycles. The van der Waals surface area contributed by atoms with E-state index in [4.69, 9.17) is 5.11 Å². The van der Waals surface area contributed by atoms with E-state index in [0.717, 1.165) is 17.2 Å². The average molecular weight is 292 g/mol. The first kappa shape index (κ1) is 15.7. The summed E-state index contributed by atoms with van der Waals surface area (Å²) >= 11 is 0. The number of hydrogen-bond donors (Lipinski definition) is 1. The van der Waals surface area contributed by atoms with Crippen LogP contribution < -0.4 is 4.74 Å². The molecule has 1 rings (SSSR count). The van der Waals surface area contributed by atoms with Crippen LogP contribution in [-0.4, -0.2) is 53.2 Å². The fraction of sp³-hybridized carbons (Fsp3) is 0.364. The molecule has 1 aromatic rings. The van der Waals surface area contributed by atoms with Crippen molar-refractivity contribution >= 4 is 11.9 Å². The van der Waals surface area contributed by atoms with E-state index >= 15 is 0 Å². The molecule has 0 aliphatic rings. The number of aliphatic carboxylic acids is 1. The van der Waals surface area contributed by atoms with Crippen molar-refractivity contribution < 1.29 is 32.6 Å². The van der Waals surface area contributed by atoms with Crippen molar-refractivity contribution in [1.29, 1.82) is 0 Å². The van der Waals surface area contributed by atoms with E-state index in [-0.39, 0.29) is 11.4 Å². The van der Waals surface area contributed by atoms with Crippen LogP contribution in [0.15, 0.2) is 18.3 Å². The maximum Gasteiger partial charge on any atom is 0.422 e. The van der Waals surface area contributed by atoms with Crippen molar-refractivity contribution in [3.8, 4) is 5.88 Å². The number of alkyl halides is 3. The number of carbonyl (C=O) groups excluding carboxylic acids is 1. The number of ether oxygens (including phenoxy) is 1. The lowest BCUT2D eigenvalue weighted by molar-refractivity contribution is -0.154. The van der Waals surface area contributed by atoms with Gasteiger partial charge < -0.3 is 14.7 Å². The molecule has 0 aliphatic heterocycles. The first-order valence-electron chi connectivity index (χ1n) is 5.32. The molecule has 0 saturated heterocycles. The van der Waals surface area contributed by atoms with Crippen LogP contribution >= 0.6 is 0 Å². The zero-order valence-corrected chi connectivity index (χ0v) is 10.3. The van der Waals surface area contributed by atoms with Crippen LogP contribution in [0.5, 0.6) is 5.88 Å². The van der Waals surface area contributed by atoms with Crippen LogP contribution in [0.1, 0.15) is 10.4 Å². The molecule has 110 valence electrons. The second kappa shape index (κ2) is 6.22. The molecule has 1 N–H and O–H groups in total. The molecule has 20 heavy (non-hydrogen) atoms. The molecular formula is C11H11F3N2O4. The molecule has 0 spiro atoms. The first-order valence-corrected chi connectivity index (χ1v) is 5.32. The van der Waals surface area contributed by atoms with Gasteiger partial charge in [-0.05, 0) is 6.07 Å². The van der Waals surface area contributed by atoms with E-state index in [1.807, 2.05) is 0 Å². The summed E-state index contributed by atoms with van der Waals surface area (Å²) in [5, 5.41) is 8.55. The van der Waals surface area contributed by atoms with Gasteiger partial charge in [-0.15, -0.1) is 0 Å². The number of carboxylic acid groups (broad SMARTS) is 1. The molecule has 0 fully saturated rings. The third-order valence-corrected chi connectivity index (χ3v) is 2.08. The Bertz CT molecular complexity index is 505. The van der Waals surface area contributed by atoms with Gasteiger partial charge in [-0.3, -0.25) is 9.59 Å². The summed E-state index contributed by atoms with van der Waals surface area (Å²) in [6, 6.07) is 2.27. The summed E-state index contributed by atoms with van der Waals surface area (Å²) in [6.45, 7) is -2.05. The summed E-state index contributed by atoms with van der Waals surface area (Å²) < 4.78 is 40.3. The van der Waals surface area contributed by atoms with Gasteiger partial charge in [-0.25, -0.2) is 4.98 Å². The van der Waals surface area contributed by atoms with Gasteiger partial charge in [0.25, 0.3) is 5.91 Å². The van der Waals surface area contributed by atoms with Crippen molar-refractivity contribution in [3.63, 3.8) is 0 Å². The Kier molecular flexibility index (Phi) is 4.89. The summed E-state index contributed by atoms with van der Waals surface area (Å²) in [4.78, 5) is 26.7. The Balaban J connectivity index is 2.77. The zero-order valence-electron chi connectivity index (χ0n) is 10.3. The smallest absolute Gasteiger partial charge is 0.422 e. The third kappa shape index (κ3) is 5.12. The van der Waals surface area contributed by atoms with Crippen molar-refractivity contribution in [1.82, 2.24) is 9.88 Å². The highest BCUT2D eigenvalue weighted by Gasteiger charge is 2.28. The number of rotatable bonds is 5. The van der Waals surface area contributed by atoms with Crippen LogP contribution in [0.25, 0.3) is 0 Å². The molecule has 6 nitrogen and oxygen atoms in total. The lowest BCUT2D eigenvalue weighted by Crippen LogP contribution is -2.32. The second-order valence-corrected chi connectivity index (χ2v) is 3.84. The lowest BCUT2D eigenvalue weighted by atomic mass is 10.2. The van der Waals surface area contributed by atoms with Gasteiger partial charge in [0.15, 0.2) is 6.61 Å². The number of aromatic nitrogens is 1. The van der Waals surface area contributed by atoms with Crippen molar-refractivity contribution in [2.45, 2.75) is 6.18 Å². The van der Waals surface area contributed by atoms with E-state index in [2.05, 4.69) is 9.72 Å². The topological polar surface area (TPSA) is 79.7 Å². The molecule has 0 aliphatic carbocycles. The molecule has 1 amide bonds. The number of hydrogen-bond acceptors (Lipinski definition) is 4. The van der Waals surface area contributed by atoms with E-state index in [1.165, 1.54) is 13.1 Å². The molecule has 0 bridgehead atoms. The summed E-state index contributed by atoms with van der Waals surface area (Å²) in [5.74, 6) is -2.23. The van der Waals surface area contributed by atoms with Crippen LogP contribution in [-0.2, 0) is 4.79 Å². The zero-order chi connectivity index (χ0) is 15.3. The third-order valence-electron chi connectivity index (χ3n) is 2.08. The second-order valence-electron chi connectivity index (χ2n) is 3.84. The highest BCUT2D eigenvalue weighted by molar-refractivity contribution is 5.95. The fourth-order valence-corrected chi connectivity index (χ4v) is 1.27. The highest BCUT2D eigenvalue weighted by Crippen LogP contribution is 2.18. The summed E-state index contributed by atoms with van der Waals surface area (Å²) in [7, 11) is 1.26. The van der Waals surface area contributed by atoms with Gasteiger partial charge in [-0.1, -0.05) is 0 Å². The van der Waals surface area contributed by atoms with Crippen LogP contribution in [0.3, 0.4) is 0 Å². The fourth-order valence-electron chi connectivity index (χ4n) is 1.27. The number of nitrogens with zero attached hydrogens (tertiary/aromatic N) is 2. The number of pyridine rings is 1. The predicted molar refractivity (Wildman–Crippen MR) is 60.4 cm³/mol. The van der Waals surface area contributed by atoms with Gasteiger partial charge in [0.2, 0.25) is 5.88 Å². The molecule has 0 atom stereocenters. The standard InChI is InChI=1S/C11H11F3N2O4/c1-16(5-9(17)18)10(19)7-2-3-15-8(4-7)20-6-11(12,13)14/h2-4H,5-6H2,1H3,(H,17,18). The molecule has 9 heteroatoms. The Morgan fingerprint density at radius 1 is 1.45 bits per heavy atom. The number of carbonyl (C=O) groups is 2. The Morgan fingerprint density at radius 2 is 2.10 bits per heavy atom. The van der Waals surface area contributed by atoms with Gasteiger partial charge >= 0.3 is 12.1 Å². The van der Waals surface area contributed by atoms with Crippen LogP contribution in [0.4, 0.5) is 13.2 Å². The Hall–Kier alpha value is -2.32. The van der Waals surface area contributed by atoms with Gasteiger partial charge in [0.05, 0.1) is 0 Å². The van der Waals surface area contributed by atoms with Gasteiger partial charge in [0.1, 0.15) is 6.54 Å². The summed E-state index contributed by atoms with van der Waals surface area (Å²) in [6.07, 6.45) is -3.41. The summed E-state index contributed by atoms with van der Waals surface area (Å²) in [5.41, 5.74) is -0.0130. The molecule has 1 heterocycles. The van der Waals surface area contributed by atoms with E-state index in [0.29, 0.717) is 0 Å². The molecular weight excluding hydrogens is 281 g/mol. The van der Waals surface area contributed by atoms with Gasteiger partial charge in [-0.2, -0.15) is 13.2 Å². The minimum atomic E-state index is -4.51. The van der Waals surface area contributed by atoms with Crippen molar-refractivity contribution in [2.75, 3.05) is 20.2 Å². The SMILES string of the molecule is CN(CC(=O)O)C(=O)c1ccnc(OCC(F)(F)F)c1. The van der Waals surface area contributed by atoms with Crippen molar-refractivity contribution in [2.24, 2.45) is 0 Å². The minimum Gasteiger partial charge on any atom is -0.480 e. The Morgan fingerprint density at radius 3 is 2.65 bits per heavy atom. The number of carboxylic acids is 1. The maximum absolute atomic E-state index is 12.0. The normalized spacial score (nSPS) is 11.0. The average Bonchev–Trinajstić information content (AvgIpc) is 2.34. The first-order chi connectivity index (χ1) is 9.19. The minimum absolute atomic E-state index is 0.0130. The lowest BCUT2D eigenvalue weighted by Gasteiger charge is -2.15. The van der Waals surface area contributed by atoms with Crippen LogP contribution in [0.2, 0.25) is 0 Å². The predicted octanol–water partition coefficient (Wildman–Crippen LogP) is 1.18. The van der Waals surface area contributed by atoms with E-state index < -0.39 is 31.2 Å². The van der Waals surface area contributed by atoms with Crippen molar-refractivity contribution in [3.05, 3.63) is 23.9 Å².